The first-order chi connectivity index (χ1) is 8.24. The Labute approximate surface area is 104 Å². The number of anilines is 1. The Bertz CT molecular complexity index is 362. The molecule has 0 saturated carbocycles. The first-order valence-corrected chi connectivity index (χ1v) is 6.71. The Morgan fingerprint density at radius 2 is 2.35 bits per heavy atom. The molecule has 0 bridgehead atoms. The lowest BCUT2D eigenvalue weighted by atomic mass is 9.98. The van der Waals surface area contributed by atoms with Gasteiger partial charge in [0.2, 0.25) is 0 Å². The fraction of sp³-hybridized carbons (Fsp3) is 0.643. The molecule has 0 spiro atoms. The van der Waals surface area contributed by atoms with Gasteiger partial charge >= 0.3 is 0 Å². The predicted octanol–water partition coefficient (Wildman–Crippen LogP) is 2.87. The van der Waals surface area contributed by atoms with Crippen LogP contribution < -0.4 is 10.6 Å². The number of pyridine rings is 1. The Morgan fingerprint density at radius 1 is 1.53 bits per heavy atom. The van der Waals surface area contributed by atoms with Gasteiger partial charge in [-0.3, -0.25) is 0 Å². The van der Waals surface area contributed by atoms with E-state index in [1.807, 2.05) is 19.2 Å². The Hall–Kier alpha value is -1.09. The van der Waals surface area contributed by atoms with Crippen molar-refractivity contribution in [2.24, 2.45) is 5.73 Å². The van der Waals surface area contributed by atoms with Crippen LogP contribution in [0, 0.1) is 0 Å². The molecule has 1 aliphatic heterocycles. The molecule has 2 atom stereocenters. The summed E-state index contributed by atoms with van der Waals surface area (Å²) in [5.41, 5.74) is 7.22. The van der Waals surface area contributed by atoms with E-state index in [4.69, 9.17) is 5.73 Å². The van der Waals surface area contributed by atoms with Crippen LogP contribution >= 0.6 is 0 Å². The number of hydrogen-bond donors (Lipinski definition) is 1. The maximum absolute atomic E-state index is 6.04. The number of hydrogen-bond acceptors (Lipinski definition) is 3. The molecule has 3 heteroatoms. The first kappa shape index (κ1) is 12.4. The maximum atomic E-state index is 6.04. The van der Waals surface area contributed by atoms with Gasteiger partial charge in [-0.1, -0.05) is 13.0 Å². The van der Waals surface area contributed by atoms with E-state index in [0.717, 1.165) is 12.4 Å². The van der Waals surface area contributed by atoms with Crippen molar-refractivity contribution in [3.63, 3.8) is 0 Å². The zero-order valence-corrected chi connectivity index (χ0v) is 10.9. The van der Waals surface area contributed by atoms with Crippen molar-refractivity contribution in [3.8, 4) is 0 Å². The van der Waals surface area contributed by atoms with Crippen LogP contribution in [0.2, 0.25) is 0 Å². The largest absolute Gasteiger partial charge is 0.353 e. The number of piperidine rings is 1. The fourth-order valence-corrected chi connectivity index (χ4v) is 2.71. The summed E-state index contributed by atoms with van der Waals surface area (Å²) >= 11 is 0. The zero-order chi connectivity index (χ0) is 12.3. The summed E-state index contributed by atoms with van der Waals surface area (Å²) in [6, 6.07) is 4.77. The Morgan fingerprint density at radius 3 is 3.06 bits per heavy atom. The molecule has 1 unspecified atom stereocenters. The van der Waals surface area contributed by atoms with Gasteiger partial charge in [-0.25, -0.2) is 4.98 Å². The summed E-state index contributed by atoms with van der Waals surface area (Å²) in [7, 11) is 0. The van der Waals surface area contributed by atoms with Crippen molar-refractivity contribution in [1.29, 1.82) is 0 Å². The molecule has 17 heavy (non-hydrogen) atoms. The predicted molar refractivity (Wildman–Crippen MR) is 72.1 cm³/mol. The molecule has 1 aromatic rings. The minimum atomic E-state index is 0.0538. The van der Waals surface area contributed by atoms with Gasteiger partial charge in [0.25, 0.3) is 0 Å². The highest BCUT2D eigenvalue weighted by Crippen LogP contribution is 2.29. The molecule has 0 aromatic carbocycles. The molecule has 0 aliphatic carbocycles. The number of aromatic nitrogens is 1. The molecule has 2 heterocycles. The van der Waals surface area contributed by atoms with Crippen LogP contribution in [0.15, 0.2) is 18.3 Å². The summed E-state index contributed by atoms with van der Waals surface area (Å²) in [6.45, 7) is 5.41. The average Bonchev–Trinajstić information content (AvgIpc) is 2.38. The van der Waals surface area contributed by atoms with E-state index in [1.54, 1.807) is 0 Å². The van der Waals surface area contributed by atoms with Crippen LogP contribution in [0.4, 0.5) is 5.82 Å². The molecule has 3 nitrogen and oxygen atoms in total. The SMILES string of the molecule is CCC1CCCCN1c1ncccc1[C@@H](C)N. The normalized spacial score (nSPS) is 22.5. The quantitative estimate of drug-likeness (QED) is 0.873. The van der Waals surface area contributed by atoms with E-state index < -0.39 is 0 Å². The topological polar surface area (TPSA) is 42.2 Å². The highest BCUT2D eigenvalue weighted by molar-refractivity contribution is 5.49. The lowest BCUT2D eigenvalue weighted by Crippen LogP contribution is -2.40. The van der Waals surface area contributed by atoms with Gasteiger partial charge in [0.1, 0.15) is 5.82 Å². The van der Waals surface area contributed by atoms with Gasteiger partial charge in [0.05, 0.1) is 0 Å². The molecule has 0 amide bonds. The summed E-state index contributed by atoms with van der Waals surface area (Å²) < 4.78 is 0. The molecule has 1 aromatic heterocycles. The van der Waals surface area contributed by atoms with Crippen LogP contribution in [0.1, 0.15) is 51.1 Å². The molecule has 1 fully saturated rings. The third-order valence-electron chi connectivity index (χ3n) is 3.68. The van der Waals surface area contributed by atoms with Gasteiger partial charge in [-0.2, -0.15) is 0 Å². The van der Waals surface area contributed by atoms with Crippen LogP contribution in [-0.2, 0) is 0 Å². The lowest BCUT2D eigenvalue weighted by molar-refractivity contribution is 0.445. The highest BCUT2D eigenvalue weighted by atomic mass is 15.2. The van der Waals surface area contributed by atoms with E-state index in [0.29, 0.717) is 6.04 Å². The average molecular weight is 233 g/mol. The van der Waals surface area contributed by atoms with Crippen molar-refractivity contribution in [2.75, 3.05) is 11.4 Å². The summed E-state index contributed by atoms with van der Waals surface area (Å²) in [6.07, 6.45) is 6.96. The molecule has 2 N–H and O–H groups in total. The first-order valence-electron chi connectivity index (χ1n) is 6.71. The minimum absolute atomic E-state index is 0.0538. The minimum Gasteiger partial charge on any atom is -0.353 e. The third-order valence-corrected chi connectivity index (χ3v) is 3.68. The number of nitrogens with two attached hydrogens (primary N) is 1. The maximum Gasteiger partial charge on any atom is 0.133 e. The smallest absolute Gasteiger partial charge is 0.133 e. The van der Waals surface area contributed by atoms with Crippen molar-refractivity contribution in [1.82, 2.24) is 4.98 Å². The second-order valence-electron chi connectivity index (χ2n) is 4.96. The van der Waals surface area contributed by atoms with Crippen molar-refractivity contribution in [2.45, 2.75) is 51.6 Å². The second kappa shape index (κ2) is 5.50. The van der Waals surface area contributed by atoms with Crippen LogP contribution in [0.3, 0.4) is 0 Å². The van der Waals surface area contributed by atoms with E-state index in [1.165, 1.54) is 31.2 Å². The van der Waals surface area contributed by atoms with Crippen molar-refractivity contribution in [3.05, 3.63) is 23.9 Å². The van der Waals surface area contributed by atoms with Gasteiger partial charge in [0.15, 0.2) is 0 Å². The van der Waals surface area contributed by atoms with Gasteiger partial charge < -0.3 is 10.6 Å². The fourth-order valence-electron chi connectivity index (χ4n) is 2.71. The molecular weight excluding hydrogens is 210 g/mol. The molecule has 94 valence electrons. The summed E-state index contributed by atoms with van der Waals surface area (Å²) in [5, 5.41) is 0. The number of nitrogens with zero attached hydrogens (tertiary/aromatic N) is 2. The van der Waals surface area contributed by atoms with Gasteiger partial charge in [0, 0.05) is 30.4 Å². The summed E-state index contributed by atoms with van der Waals surface area (Å²) in [4.78, 5) is 7.03. The molecule has 1 saturated heterocycles. The third kappa shape index (κ3) is 2.60. The van der Waals surface area contributed by atoms with E-state index in [-0.39, 0.29) is 6.04 Å². The van der Waals surface area contributed by atoms with E-state index in [9.17, 15) is 0 Å². The number of rotatable bonds is 3. The Kier molecular flexibility index (Phi) is 4.00. The van der Waals surface area contributed by atoms with Crippen LogP contribution in [-0.4, -0.2) is 17.6 Å². The summed E-state index contributed by atoms with van der Waals surface area (Å²) in [5.74, 6) is 1.11. The van der Waals surface area contributed by atoms with Crippen molar-refractivity contribution >= 4 is 5.82 Å². The monoisotopic (exact) mass is 233 g/mol. The Balaban J connectivity index is 2.31. The second-order valence-corrected chi connectivity index (χ2v) is 4.96. The van der Waals surface area contributed by atoms with Crippen LogP contribution in [0.5, 0.6) is 0 Å². The molecule has 2 rings (SSSR count). The lowest BCUT2D eigenvalue weighted by Gasteiger charge is -2.37. The van der Waals surface area contributed by atoms with E-state index >= 15 is 0 Å². The van der Waals surface area contributed by atoms with Crippen molar-refractivity contribution < 1.29 is 0 Å². The van der Waals surface area contributed by atoms with E-state index in [2.05, 4.69) is 22.9 Å². The van der Waals surface area contributed by atoms with Gasteiger partial charge in [-0.15, -0.1) is 0 Å². The molecule has 1 aliphatic rings. The highest BCUT2D eigenvalue weighted by Gasteiger charge is 2.24. The molecular formula is C14H23N3. The zero-order valence-electron chi connectivity index (χ0n) is 10.9. The standard InChI is InChI=1S/C14H23N3/c1-3-12-7-4-5-10-17(12)14-13(11(2)15)8-6-9-16-14/h6,8-9,11-12H,3-5,7,10,15H2,1-2H3/t11-,12?/m1/s1. The van der Waals surface area contributed by atoms with Crippen LogP contribution in [0.25, 0.3) is 0 Å². The van der Waals surface area contributed by atoms with Gasteiger partial charge in [-0.05, 0) is 38.7 Å². The molecule has 0 radical (unpaired) electrons.